The van der Waals surface area contributed by atoms with Crippen molar-refractivity contribution >= 4 is 22.9 Å². The van der Waals surface area contributed by atoms with Gasteiger partial charge in [-0.25, -0.2) is 9.50 Å². The molecule has 1 aliphatic heterocycles. The third-order valence-electron chi connectivity index (χ3n) is 4.50. The van der Waals surface area contributed by atoms with Gasteiger partial charge in [0.05, 0.1) is 11.9 Å². The minimum absolute atomic E-state index is 0.211. The van der Waals surface area contributed by atoms with E-state index in [1.54, 1.807) is 4.52 Å². The molecule has 0 unspecified atom stereocenters. The zero-order chi connectivity index (χ0) is 17.4. The Morgan fingerprint density at radius 3 is 2.56 bits per heavy atom. The molecule has 0 atom stereocenters. The number of aromatic nitrogens is 3. The predicted octanol–water partition coefficient (Wildman–Crippen LogP) is 3.20. The zero-order valence-electron chi connectivity index (χ0n) is 14.5. The van der Waals surface area contributed by atoms with Crippen LogP contribution in [0.25, 0.3) is 5.52 Å². The van der Waals surface area contributed by atoms with Crippen molar-refractivity contribution in [3.05, 3.63) is 53.5 Å². The number of hydrogen-bond donors (Lipinski definition) is 1. The highest BCUT2D eigenvalue weighted by Gasteiger charge is 2.20. The molecule has 6 nitrogen and oxygen atoms in total. The van der Waals surface area contributed by atoms with Gasteiger partial charge in [0, 0.05) is 24.8 Å². The van der Waals surface area contributed by atoms with E-state index in [0.717, 1.165) is 41.4 Å². The Hall–Kier alpha value is -2.89. The molecule has 1 fully saturated rings. The number of hydrogen-bond acceptors (Lipinski definition) is 4. The highest BCUT2D eigenvalue weighted by atomic mass is 16.1. The third kappa shape index (κ3) is 3.07. The number of fused-ring (bicyclic) bond motifs is 1. The molecule has 0 bridgehead atoms. The van der Waals surface area contributed by atoms with Gasteiger partial charge >= 0.3 is 0 Å². The minimum Gasteiger partial charge on any atom is -0.355 e. The summed E-state index contributed by atoms with van der Waals surface area (Å²) in [5, 5.41) is 7.36. The zero-order valence-corrected chi connectivity index (χ0v) is 14.5. The first-order chi connectivity index (χ1) is 12.1. The molecule has 0 radical (unpaired) electrons. The van der Waals surface area contributed by atoms with E-state index in [2.05, 4.69) is 20.3 Å². The standard InChI is InChI=1S/C19H21N5O/c1-13-5-7-15(8-6-13)21-19(25)16-11-17-18(23-9-3-4-10-23)20-14(2)12-24(17)22-16/h5-8,11-12H,3-4,9-10H2,1-2H3,(H,21,25). The first-order valence-electron chi connectivity index (χ1n) is 8.60. The molecule has 1 aliphatic rings. The molecular weight excluding hydrogens is 314 g/mol. The second-order valence-corrected chi connectivity index (χ2v) is 6.58. The van der Waals surface area contributed by atoms with Crippen LogP contribution in [0.15, 0.2) is 36.5 Å². The van der Waals surface area contributed by atoms with Gasteiger partial charge < -0.3 is 10.2 Å². The van der Waals surface area contributed by atoms with Crippen molar-refractivity contribution in [2.45, 2.75) is 26.7 Å². The van der Waals surface area contributed by atoms with Crippen LogP contribution in [-0.2, 0) is 0 Å². The lowest BCUT2D eigenvalue weighted by atomic mass is 10.2. The van der Waals surface area contributed by atoms with Crippen LogP contribution in [0.2, 0.25) is 0 Å². The van der Waals surface area contributed by atoms with Crippen LogP contribution in [0.5, 0.6) is 0 Å². The molecule has 1 aromatic carbocycles. The summed E-state index contributed by atoms with van der Waals surface area (Å²) < 4.78 is 1.76. The average Bonchev–Trinajstić information content (AvgIpc) is 3.25. The van der Waals surface area contributed by atoms with Crippen molar-refractivity contribution in [1.29, 1.82) is 0 Å². The van der Waals surface area contributed by atoms with Crippen LogP contribution < -0.4 is 10.2 Å². The molecule has 3 aromatic rings. The number of benzene rings is 1. The molecule has 0 aliphatic carbocycles. The summed E-state index contributed by atoms with van der Waals surface area (Å²) in [5.74, 6) is 0.706. The van der Waals surface area contributed by atoms with Crippen LogP contribution >= 0.6 is 0 Å². The van der Waals surface area contributed by atoms with E-state index in [-0.39, 0.29) is 5.91 Å². The minimum atomic E-state index is -0.211. The predicted molar refractivity (Wildman–Crippen MR) is 98.3 cm³/mol. The number of rotatable bonds is 3. The van der Waals surface area contributed by atoms with Crippen molar-refractivity contribution < 1.29 is 4.79 Å². The number of nitrogens with zero attached hydrogens (tertiary/aromatic N) is 4. The van der Waals surface area contributed by atoms with Gasteiger partial charge in [0.25, 0.3) is 5.91 Å². The summed E-state index contributed by atoms with van der Waals surface area (Å²) in [6.07, 6.45) is 4.21. The van der Waals surface area contributed by atoms with Crippen LogP contribution in [0.3, 0.4) is 0 Å². The van der Waals surface area contributed by atoms with Gasteiger partial charge in [-0.1, -0.05) is 17.7 Å². The number of carbonyl (C=O) groups is 1. The van der Waals surface area contributed by atoms with Gasteiger partial charge in [-0.3, -0.25) is 4.79 Å². The van der Waals surface area contributed by atoms with Gasteiger partial charge in [-0.2, -0.15) is 5.10 Å². The SMILES string of the molecule is Cc1ccc(NC(=O)c2cc3c(N4CCCC4)nc(C)cn3n2)cc1. The number of amides is 1. The summed E-state index contributed by atoms with van der Waals surface area (Å²) in [4.78, 5) is 19.5. The Bertz CT molecular complexity index is 923. The van der Waals surface area contributed by atoms with E-state index < -0.39 is 0 Å². The summed E-state index contributed by atoms with van der Waals surface area (Å²) in [6, 6.07) is 9.55. The number of anilines is 2. The maximum absolute atomic E-state index is 12.6. The van der Waals surface area contributed by atoms with Gasteiger partial charge in [-0.15, -0.1) is 0 Å². The summed E-state index contributed by atoms with van der Waals surface area (Å²) >= 11 is 0. The van der Waals surface area contributed by atoms with Crippen molar-refractivity contribution in [1.82, 2.24) is 14.6 Å². The first-order valence-corrected chi connectivity index (χ1v) is 8.60. The van der Waals surface area contributed by atoms with Gasteiger partial charge in [-0.05, 0) is 38.8 Å². The molecule has 0 spiro atoms. The topological polar surface area (TPSA) is 62.5 Å². The number of carbonyl (C=O) groups excluding carboxylic acids is 1. The Kier molecular flexibility index (Phi) is 3.87. The van der Waals surface area contributed by atoms with E-state index in [1.807, 2.05) is 50.4 Å². The largest absolute Gasteiger partial charge is 0.355 e. The molecule has 0 saturated carbocycles. The molecule has 6 heteroatoms. The molecule has 4 rings (SSSR count). The van der Waals surface area contributed by atoms with Gasteiger partial charge in [0.2, 0.25) is 0 Å². The average molecular weight is 335 g/mol. The van der Waals surface area contributed by atoms with E-state index in [0.29, 0.717) is 5.69 Å². The van der Waals surface area contributed by atoms with Crippen molar-refractivity contribution in [2.75, 3.05) is 23.3 Å². The van der Waals surface area contributed by atoms with Crippen LogP contribution in [0.1, 0.15) is 34.6 Å². The van der Waals surface area contributed by atoms with Crippen molar-refractivity contribution in [2.24, 2.45) is 0 Å². The van der Waals surface area contributed by atoms with E-state index in [4.69, 9.17) is 0 Å². The number of nitrogens with one attached hydrogen (secondary N) is 1. The fourth-order valence-corrected chi connectivity index (χ4v) is 3.19. The van der Waals surface area contributed by atoms with E-state index >= 15 is 0 Å². The molecule has 1 amide bonds. The van der Waals surface area contributed by atoms with Crippen LogP contribution in [0, 0.1) is 13.8 Å². The maximum atomic E-state index is 12.6. The molecule has 3 heterocycles. The first kappa shape index (κ1) is 15.6. The second kappa shape index (κ2) is 6.20. The highest BCUT2D eigenvalue weighted by molar-refractivity contribution is 6.04. The molecule has 1 N–H and O–H groups in total. The summed E-state index contributed by atoms with van der Waals surface area (Å²) in [5.41, 5.74) is 4.09. The quantitative estimate of drug-likeness (QED) is 0.798. The smallest absolute Gasteiger partial charge is 0.276 e. The fourth-order valence-electron chi connectivity index (χ4n) is 3.19. The van der Waals surface area contributed by atoms with Gasteiger partial charge in [0.15, 0.2) is 11.5 Å². The molecule has 1 saturated heterocycles. The molecule has 2 aromatic heterocycles. The lowest BCUT2D eigenvalue weighted by molar-refractivity contribution is 0.102. The Morgan fingerprint density at radius 1 is 1.12 bits per heavy atom. The lowest BCUT2D eigenvalue weighted by Crippen LogP contribution is -2.20. The Morgan fingerprint density at radius 2 is 1.84 bits per heavy atom. The summed E-state index contributed by atoms with van der Waals surface area (Å²) in [7, 11) is 0. The second-order valence-electron chi connectivity index (χ2n) is 6.58. The van der Waals surface area contributed by atoms with Crippen LogP contribution in [0.4, 0.5) is 11.5 Å². The highest BCUT2D eigenvalue weighted by Crippen LogP contribution is 2.24. The molecule has 25 heavy (non-hydrogen) atoms. The monoisotopic (exact) mass is 335 g/mol. The van der Waals surface area contributed by atoms with Crippen molar-refractivity contribution in [3.8, 4) is 0 Å². The summed E-state index contributed by atoms with van der Waals surface area (Å²) in [6.45, 7) is 5.97. The van der Waals surface area contributed by atoms with E-state index in [9.17, 15) is 4.79 Å². The Balaban J connectivity index is 1.67. The maximum Gasteiger partial charge on any atom is 0.276 e. The van der Waals surface area contributed by atoms with Crippen molar-refractivity contribution in [3.63, 3.8) is 0 Å². The molecule has 128 valence electrons. The lowest BCUT2D eigenvalue weighted by Gasteiger charge is -2.17. The van der Waals surface area contributed by atoms with Crippen LogP contribution in [-0.4, -0.2) is 33.6 Å². The fraction of sp³-hybridized carbons (Fsp3) is 0.316. The van der Waals surface area contributed by atoms with Gasteiger partial charge in [0.1, 0.15) is 5.52 Å². The third-order valence-corrected chi connectivity index (χ3v) is 4.50. The number of aryl methyl sites for hydroxylation is 2. The van der Waals surface area contributed by atoms with E-state index in [1.165, 1.54) is 12.8 Å². The molecular formula is C19H21N5O. The normalized spacial score (nSPS) is 14.2. The Labute approximate surface area is 146 Å².